The number of aromatic nitrogens is 1. The van der Waals surface area contributed by atoms with Crippen LogP contribution in [-0.4, -0.2) is 17.6 Å². The van der Waals surface area contributed by atoms with Gasteiger partial charge in [-0.1, -0.05) is 6.08 Å². The summed E-state index contributed by atoms with van der Waals surface area (Å²) in [5, 5.41) is 0. The second-order valence-corrected chi connectivity index (χ2v) is 5.83. The summed E-state index contributed by atoms with van der Waals surface area (Å²) in [6, 6.07) is 0. The van der Waals surface area contributed by atoms with Gasteiger partial charge in [0.05, 0.1) is 12.0 Å². The lowest BCUT2D eigenvalue weighted by molar-refractivity contribution is -0.151. The van der Waals surface area contributed by atoms with Crippen LogP contribution >= 0.6 is 0 Å². The number of fused-ring (bicyclic) bond motifs is 3. The zero-order valence-electron chi connectivity index (χ0n) is 11.7. The summed E-state index contributed by atoms with van der Waals surface area (Å²) in [5.41, 5.74) is 4.88. The minimum atomic E-state index is -0.504. The highest BCUT2D eigenvalue weighted by atomic mass is 16.5. The number of esters is 1. The third kappa shape index (κ3) is 2.01. The molecule has 2 aliphatic carbocycles. The van der Waals surface area contributed by atoms with Gasteiger partial charge in [0.1, 0.15) is 0 Å². The number of aromatic amines is 1. The minimum Gasteiger partial charge on any atom is -0.465 e. The van der Waals surface area contributed by atoms with Gasteiger partial charge in [-0.3, -0.25) is 4.79 Å². The number of aryl methyl sites for hydroxylation is 1. The molecular formula is C16H21NO2. The van der Waals surface area contributed by atoms with Crippen molar-refractivity contribution in [2.24, 2.45) is 5.41 Å². The average Bonchev–Trinajstić information content (AvgIpc) is 2.77. The summed E-state index contributed by atoms with van der Waals surface area (Å²) >= 11 is 0. The predicted molar refractivity (Wildman–Crippen MR) is 74.9 cm³/mol. The molecule has 102 valence electrons. The van der Waals surface area contributed by atoms with Crippen molar-refractivity contribution in [3.8, 4) is 0 Å². The van der Waals surface area contributed by atoms with Gasteiger partial charge in [0.15, 0.2) is 0 Å². The smallest absolute Gasteiger partial charge is 0.315 e. The molecule has 3 nitrogen and oxygen atoms in total. The summed E-state index contributed by atoms with van der Waals surface area (Å²) in [6.07, 6.45) is 9.65. The van der Waals surface area contributed by atoms with E-state index in [0.29, 0.717) is 6.61 Å². The third-order valence-electron chi connectivity index (χ3n) is 4.35. The van der Waals surface area contributed by atoms with Gasteiger partial charge in [-0.2, -0.15) is 0 Å². The van der Waals surface area contributed by atoms with Gasteiger partial charge in [0.25, 0.3) is 0 Å². The molecule has 3 rings (SSSR count). The first-order chi connectivity index (χ1) is 9.14. The molecule has 0 aliphatic heterocycles. The lowest BCUT2D eigenvalue weighted by Crippen LogP contribution is -2.32. The molecule has 1 N–H and O–H groups in total. The Hall–Kier alpha value is -1.51. The highest BCUT2D eigenvalue weighted by Crippen LogP contribution is 2.38. The molecule has 2 aliphatic rings. The van der Waals surface area contributed by atoms with Crippen LogP contribution in [0.25, 0.3) is 6.08 Å². The number of H-pyrrole nitrogens is 1. The van der Waals surface area contributed by atoms with Crippen molar-refractivity contribution in [1.82, 2.24) is 4.98 Å². The maximum absolute atomic E-state index is 12.1. The van der Waals surface area contributed by atoms with Gasteiger partial charge in [0.2, 0.25) is 0 Å². The monoisotopic (exact) mass is 259 g/mol. The highest BCUT2D eigenvalue weighted by Gasteiger charge is 2.37. The van der Waals surface area contributed by atoms with Gasteiger partial charge in [0, 0.05) is 11.4 Å². The van der Waals surface area contributed by atoms with Crippen LogP contribution in [-0.2, 0) is 28.8 Å². The number of hydrogen-bond acceptors (Lipinski definition) is 2. The van der Waals surface area contributed by atoms with Crippen LogP contribution in [0.4, 0.5) is 0 Å². The summed E-state index contributed by atoms with van der Waals surface area (Å²) < 4.78 is 5.22. The van der Waals surface area contributed by atoms with E-state index in [0.717, 1.165) is 19.3 Å². The summed E-state index contributed by atoms with van der Waals surface area (Å²) in [7, 11) is 0. The Bertz CT molecular complexity index is 541. The number of nitrogens with one attached hydrogen (secondary N) is 1. The van der Waals surface area contributed by atoms with E-state index in [1.54, 1.807) is 0 Å². The fourth-order valence-electron chi connectivity index (χ4n) is 3.25. The normalized spacial score (nSPS) is 24.7. The van der Waals surface area contributed by atoms with E-state index in [9.17, 15) is 4.79 Å². The lowest BCUT2D eigenvalue weighted by Gasteiger charge is -2.27. The molecule has 19 heavy (non-hydrogen) atoms. The average molecular weight is 259 g/mol. The summed E-state index contributed by atoms with van der Waals surface area (Å²) in [5.74, 6) is -0.109. The Morgan fingerprint density at radius 3 is 2.95 bits per heavy atom. The molecule has 0 saturated carbocycles. The Morgan fingerprint density at radius 1 is 1.37 bits per heavy atom. The van der Waals surface area contributed by atoms with Crippen molar-refractivity contribution in [2.75, 3.05) is 6.61 Å². The van der Waals surface area contributed by atoms with Crippen LogP contribution in [0.3, 0.4) is 0 Å². The quantitative estimate of drug-likeness (QED) is 0.829. The Morgan fingerprint density at radius 2 is 2.16 bits per heavy atom. The van der Waals surface area contributed by atoms with Crippen LogP contribution in [0.15, 0.2) is 6.08 Å². The largest absolute Gasteiger partial charge is 0.465 e. The number of carbonyl (C=O) groups is 1. The molecule has 1 atom stereocenters. The van der Waals surface area contributed by atoms with Crippen molar-refractivity contribution < 1.29 is 9.53 Å². The first-order valence-electron chi connectivity index (χ1n) is 7.23. The SMILES string of the molecule is CCOC(=O)C1(C)C=Cc2[nH]c3c(c2C1)CCCC3. The molecule has 0 amide bonds. The number of carbonyl (C=O) groups excluding carboxylic acids is 1. The van der Waals surface area contributed by atoms with Gasteiger partial charge in [-0.05, 0) is 63.2 Å². The lowest BCUT2D eigenvalue weighted by atomic mass is 9.77. The fraction of sp³-hybridized carbons (Fsp3) is 0.562. The minimum absolute atomic E-state index is 0.109. The molecule has 1 aromatic rings. The molecular weight excluding hydrogens is 238 g/mol. The molecule has 1 unspecified atom stereocenters. The van der Waals surface area contributed by atoms with Crippen LogP contribution in [0.5, 0.6) is 0 Å². The van der Waals surface area contributed by atoms with E-state index >= 15 is 0 Å². The maximum atomic E-state index is 12.1. The van der Waals surface area contributed by atoms with Gasteiger partial charge in [-0.15, -0.1) is 0 Å². The first kappa shape index (κ1) is 12.5. The number of rotatable bonds is 2. The van der Waals surface area contributed by atoms with Crippen LogP contribution < -0.4 is 0 Å². The van der Waals surface area contributed by atoms with E-state index < -0.39 is 5.41 Å². The van der Waals surface area contributed by atoms with Crippen LogP contribution in [0.1, 0.15) is 49.2 Å². The fourth-order valence-corrected chi connectivity index (χ4v) is 3.25. The molecule has 0 saturated heterocycles. The van der Waals surface area contributed by atoms with Crippen molar-refractivity contribution in [1.29, 1.82) is 0 Å². The molecule has 0 bridgehead atoms. The van der Waals surface area contributed by atoms with E-state index in [2.05, 4.69) is 11.1 Å². The van der Waals surface area contributed by atoms with Crippen molar-refractivity contribution in [3.63, 3.8) is 0 Å². The number of ether oxygens (including phenoxy) is 1. The number of hydrogen-bond donors (Lipinski definition) is 1. The Labute approximate surface area is 114 Å². The van der Waals surface area contributed by atoms with Gasteiger partial charge >= 0.3 is 5.97 Å². The molecule has 1 heterocycles. The summed E-state index contributed by atoms with van der Waals surface area (Å²) in [4.78, 5) is 15.7. The van der Waals surface area contributed by atoms with Gasteiger partial charge in [-0.25, -0.2) is 0 Å². The second kappa shape index (κ2) is 4.55. The molecule has 3 heteroatoms. The molecule has 1 aromatic heterocycles. The molecule has 0 spiro atoms. The zero-order chi connectivity index (χ0) is 13.5. The zero-order valence-corrected chi connectivity index (χ0v) is 11.7. The van der Waals surface area contributed by atoms with Crippen molar-refractivity contribution >= 4 is 12.0 Å². The first-order valence-corrected chi connectivity index (χ1v) is 7.23. The molecule has 0 fully saturated rings. The van der Waals surface area contributed by atoms with E-state index in [4.69, 9.17) is 4.74 Å². The third-order valence-corrected chi connectivity index (χ3v) is 4.35. The summed E-state index contributed by atoms with van der Waals surface area (Å²) in [6.45, 7) is 4.28. The van der Waals surface area contributed by atoms with Crippen LogP contribution in [0.2, 0.25) is 0 Å². The maximum Gasteiger partial charge on any atom is 0.315 e. The van der Waals surface area contributed by atoms with E-state index in [-0.39, 0.29) is 5.97 Å². The van der Waals surface area contributed by atoms with Gasteiger partial charge < -0.3 is 9.72 Å². The predicted octanol–water partition coefficient (Wildman–Crippen LogP) is 3.03. The Kier molecular flexibility index (Phi) is 3.00. The standard InChI is InChI=1S/C16H21NO2/c1-3-19-15(18)16(2)9-8-14-12(10-16)11-6-4-5-7-13(11)17-14/h8-9,17H,3-7,10H2,1-2H3. The van der Waals surface area contributed by atoms with E-state index in [1.165, 1.54) is 35.4 Å². The second-order valence-electron chi connectivity index (χ2n) is 5.83. The molecule has 0 aromatic carbocycles. The topological polar surface area (TPSA) is 42.1 Å². The van der Waals surface area contributed by atoms with Crippen molar-refractivity contribution in [3.05, 3.63) is 28.6 Å². The van der Waals surface area contributed by atoms with Crippen molar-refractivity contribution in [2.45, 2.75) is 46.0 Å². The van der Waals surface area contributed by atoms with E-state index in [1.807, 2.05) is 19.9 Å². The highest BCUT2D eigenvalue weighted by molar-refractivity contribution is 5.82. The molecule has 0 radical (unpaired) electrons. The Balaban J connectivity index is 1.94. The van der Waals surface area contributed by atoms with Crippen LogP contribution in [0, 0.1) is 5.41 Å².